The molecule has 1 aromatic carbocycles. The van der Waals surface area contributed by atoms with Gasteiger partial charge >= 0.3 is 6.03 Å². The molecule has 7 heteroatoms. The van der Waals surface area contributed by atoms with E-state index in [0.29, 0.717) is 24.4 Å². The molecule has 0 spiro atoms. The first kappa shape index (κ1) is 15.9. The molecule has 2 heterocycles. The first-order chi connectivity index (χ1) is 12.2. The number of rotatable bonds is 6. The maximum absolute atomic E-state index is 11.9. The zero-order chi connectivity index (χ0) is 17.2. The lowest BCUT2D eigenvalue weighted by Gasteiger charge is -2.25. The largest absolute Gasteiger partial charge is 0.367 e. The first-order valence-electron chi connectivity index (χ1n) is 8.89. The standard InChI is InChI=1S/C18H23N5O2/c1-12-10-14-4-2-3-5-15(14)23(12)9-8-19-18(24)20-11-16-21-17(22-25-16)13-6-7-13/h2-5,12-13H,6-11H2,1H3,(H2,19,20,24)/t12-/m0/s1. The Kier molecular flexibility index (Phi) is 4.29. The van der Waals surface area contributed by atoms with E-state index in [1.807, 2.05) is 0 Å². The van der Waals surface area contributed by atoms with E-state index in [1.54, 1.807) is 0 Å². The van der Waals surface area contributed by atoms with Gasteiger partial charge in [-0.3, -0.25) is 0 Å². The number of para-hydroxylation sites is 1. The van der Waals surface area contributed by atoms with E-state index in [0.717, 1.165) is 31.6 Å². The summed E-state index contributed by atoms with van der Waals surface area (Å²) in [6.07, 6.45) is 3.32. The molecule has 4 rings (SSSR count). The van der Waals surface area contributed by atoms with Crippen molar-refractivity contribution in [3.8, 4) is 0 Å². The fourth-order valence-electron chi connectivity index (χ4n) is 3.33. The van der Waals surface area contributed by atoms with Gasteiger partial charge in [-0.05, 0) is 37.8 Å². The van der Waals surface area contributed by atoms with Crippen molar-refractivity contribution in [2.75, 3.05) is 18.0 Å². The summed E-state index contributed by atoms with van der Waals surface area (Å²) in [4.78, 5) is 18.6. The summed E-state index contributed by atoms with van der Waals surface area (Å²) in [5.41, 5.74) is 2.65. The molecule has 1 saturated carbocycles. The molecule has 2 N–H and O–H groups in total. The van der Waals surface area contributed by atoms with Crippen molar-refractivity contribution in [1.82, 2.24) is 20.8 Å². The number of aromatic nitrogens is 2. The molecule has 1 aromatic heterocycles. The second kappa shape index (κ2) is 6.74. The molecule has 2 amide bonds. The van der Waals surface area contributed by atoms with Gasteiger partial charge in [-0.15, -0.1) is 0 Å². The number of anilines is 1. The van der Waals surface area contributed by atoms with Gasteiger partial charge in [0, 0.05) is 30.7 Å². The van der Waals surface area contributed by atoms with Crippen LogP contribution < -0.4 is 15.5 Å². The number of hydrogen-bond acceptors (Lipinski definition) is 5. The van der Waals surface area contributed by atoms with Crippen LogP contribution in [0.5, 0.6) is 0 Å². The second-order valence-corrected chi connectivity index (χ2v) is 6.81. The molecule has 1 aliphatic heterocycles. The molecule has 7 nitrogen and oxygen atoms in total. The van der Waals surface area contributed by atoms with Crippen LogP contribution in [-0.4, -0.2) is 35.3 Å². The Bertz CT molecular complexity index is 755. The van der Waals surface area contributed by atoms with Gasteiger partial charge in [-0.2, -0.15) is 4.98 Å². The third-order valence-electron chi connectivity index (χ3n) is 4.81. The van der Waals surface area contributed by atoms with Gasteiger partial charge in [0.25, 0.3) is 0 Å². The Balaban J connectivity index is 1.21. The minimum absolute atomic E-state index is 0.216. The predicted molar refractivity (Wildman–Crippen MR) is 93.5 cm³/mol. The van der Waals surface area contributed by atoms with Gasteiger partial charge in [0.05, 0.1) is 6.54 Å². The molecule has 0 radical (unpaired) electrons. The summed E-state index contributed by atoms with van der Waals surface area (Å²) in [6, 6.07) is 8.70. The van der Waals surface area contributed by atoms with Crippen molar-refractivity contribution in [1.29, 1.82) is 0 Å². The van der Waals surface area contributed by atoms with E-state index in [9.17, 15) is 4.79 Å². The van der Waals surface area contributed by atoms with Crippen LogP contribution in [0, 0.1) is 0 Å². The van der Waals surface area contributed by atoms with E-state index in [-0.39, 0.29) is 12.6 Å². The van der Waals surface area contributed by atoms with E-state index in [4.69, 9.17) is 4.52 Å². The highest BCUT2D eigenvalue weighted by Gasteiger charge is 2.28. The highest BCUT2D eigenvalue weighted by molar-refractivity contribution is 5.73. The quantitative estimate of drug-likeness (QED) is 0.841. The van der Waals surface area contributed by atoms with E-state index >= 15 is 0 Å². The minimum atomic E-state index is -0.216. The fraction of sp³-hybridized carbons (Fsp3) is 0.500. The Morgan fingerprint density at radius 1 is 1.32 bits per heavy atom. The minimum Gasteiger partial charge on any atom is -0.367 e. The summed E-state index contributed by atoms with van der Waals surface area (Å²) in [7, 11) is 0. The summed E-state index contributed by atoms with van der Waals surface area (Å²) >= 11 is 0. The van der Waals surface area contributed by atoms with Gasteiger partial charge in [0.15, 0.2) is 5.82 Å². The molecular formula is C18H23N5O2. The average molecular weight is 341 g/mol. The Labute approximate surface area is 146 Å². The molecule has 1 atom stereocenters. The number of amides is 2. The highest BCUT2D eigenvalue weighted by atomic mass is 16.5. The Morgan fingerprint density at radius 2 is 2.16 bits per heavy atom. The molecule has 0 unspecified atom stereocenters. The third-order valence-corrected chi connectivity index (χ3v) is 4.81. The van der Waals surface area contributed by atoms with Gasteiger partial charge in [0.2, 0.25) is 5.89 Å². The monoisotopic (exact) mass is 341 g/mol. The zero-order valence-electron chi connectivity index (χ0n) is 14.4. The molecule has 2 aliphatic rings. The Hall–Kier alpha value is -2.57. The fourth-order valence-corrected chi connectivity index (χ4v) is 3.33. The number of benzene rings is 1. The van der Waals surface area contributed by atoms with Crippen LogP contribution >= 0.6 is 0 Å². The predicted octanol–water partition coefficient (Wildman–Crippen LogP) is 2.20. The molecule has 0 saturated heterocycles. The molecule has 132 valence electrons. The van der Waals surface area contributed by atoms with Gasteiger partial charge in [-0.25, -0.2) is 4.79 Å². The van der Waals surface area contributed by atoms with Gasteiger partial charge < -0.3 is 20.1 Å². The van der Waals surface area contributed by atoms with Crippen molar-refractivity contribution in [2.45, 2.75) is 44.7 Å². The smallest absolute Gasteiger partial charge is 0.315 e. The number of carbonyl (C=O) groups excluding carboxylic acids is 1. The number of hydrogen-bond donors (Lipinski definition) is 2. The Morgan fingerprint density at radius 3 is 3.00 bits per heavy atom. The molecular weight excluding hydrogens is 318 g/mol. The molecule has 0 bridgehead atoms. The zero-order valence-corrected chi connectivity index (χ0v) is 14.4. The summed E-state index contributed by atoms with van der Waals surface area (Å²) in [5.74, 6) is 1.68. The van der Waals surface area contributed by atoms with E-state index in [2.05, 4.69) is 56.9 Å². The first-order valence-corrected chi connectivity index (χ1v) is 8.89. The van der Waals surface area contributed by atoms with Crippen LogP contribution in [0.25, 0.3) is 0 Å². The number of nitrogens with zero attached hydrogens (tertiary/aromatic N) is 3. The van der Waals surface area contributed by atoms with Crippen molar-refractivity contribution in [2.24, 2.45) is 0 Å². The average Bonchev–Trinajstić information content (AvgIpc) is 3.27. The lowest BCUT2D eigenvalue weighted by atomic mass is 10.1. The summed E-state index contributed by atoms with van der Waals surface area (Å²) in [6.45, 7) is 3.85. The number of nitrogens with one attached hydrogen (secondary N) is 2. The SMILES string of the molecule is C[C@H]1Cc2ccccc2N1CCNC(=O)NCc1nc(C2CC2)no1. The third kappa shape index (κ3) is 3.60. The molecule has 25 heavy (non-hydrogen) atoms. The van der Waals surface area contributed by atoms with Crippen molar-refractivity contribution in [3.05, 3.63) is 41.5 Å². The van der Waals surface area contributed by atoms with Gasteiger partial charge in [0.1, 0.15) is 0 Å². The lowest BCUT2D eigenvalue weighted by molar-refractivity contribution is 0.238. The number of fused-ring (bicyclic) bond motifs is 1. The van der Waals surface area contributed by atoms with E-state index in [1.165, 1.54) is 11.3 Å². The van der Waals surface area contributed by atoms with E-state index < -0.39 is 0 Å². The van der Waals surface area contributed by atoms with Gasteiger partial charge in [-0.1, -0.05) is 23.4 Å². The van der Waals surface area contributed by atoms with Crippen molar-refractivity contribution < 1.29 is 9.32 Å². The maximum atomic E-state index is 11.9. The second-order valence-electron chi connectivity index (χ2n) is 6.81. The van der Waals surface area contributed by atoms with Crippen LogP contribution in [-0.2, 0) is 13.0 Å². The van der Waals surface area contributed by atoms with Crippen molar-refractivity contribution >= 4 is 11.7 Å². The van der Waals surface area contributed by atoms with Crippen LogP contribution in [0.15, 0.2) is 28.8 Å². The topological polar surface area (TPSA) is 83.3 Å². The normalized spacial score (nSPS) is 18.9. The van der Waals surface area contributed by atoms with Crippen LogP contribution in [0.4, 0.5) is 10.5 Å². The number of carbonyl (C=O) groups is 1. The number of urea groups is 1. The van der Waals surface area contributed by atoms with Crippen LogP contribution in [0.1, 0.15) is 43.0 Å². The van der Waals surface area contributed by atoms with Crippen molar-refractivity contribution in [3.63, 3.8) is 0 Å². The summed E-state index contributed by atoms with van der Waals surface area (Å²) < 4.78 is 5.14. The van der Waals surface area contributed by atoms with Crippen LogP contribution in [0.3, 0.4) is 0 Å². The molecule has 1 fully saturated rings. The molecule has 1 aliphatic carbocycles. The van der Waals surface area contributed by atoms with Crippen LogP contribution in [0.2, 0.25) is 0 Å². The maximum Gasteiger partial charge on any atom is 0.315 e. The lowest BCUT2D eigenvalue weighted by Crippen LogP contribution is -2.41. The highest BCUT2D eigenvalue weighted by Crippen LogP contribution is 2.38. The summed E-state index contributed by atoms with van der Waals surface area (Å²) in [5, 5.41) is 9.59. The molecule has 2 aromatic rings.